The van der Waals surface area contributed by atoms with Gasteiger partial charge in [-0.05, 0) is 30.0 Å². The minimum atomic E-state index is -0.0575. The number of aromatic nitrogens is 2. The van der Waals surface area contributed by atoms with Crippen LogP contribution in [0.25, 0.3) is 21.8 Å². The number of rotatable bonds is 7. The minimum absolute atomic E-state index is 0.0575. The van der Waals surface area contributed by atoms with E-state index >= 15 is 0 Å². The van der Waals surface area contributed by atoms with Crippen LogP contribution in [0.5, 0.6) is 5.75 Å². The van der Waals surface area contributed by atoms with Gasteiger partial charge in [-0.1, -0.05) is 48.5 Å². The Hall–Kier alpha value is -3.34. The Morgan fingerprint density at radius 3 is 2.71 bits per heavy atom. The minimum Gasteiger partial charge on any atom is -0.493 e. The van der Waals surface area contributed by atoms with Crippen molar-refractivity contribution in [3.05, 3.63) is 72.6 Å². The van der Waals surface area contributed by atoms with Crippen molar-refractivity contribution in [2.75, 3.05) is 6.61 Å². The van der Waals surface area contributed by atoms with Crippen molar-refractivity contribution in [3.8, 4) is 5.75 Å². The topological polar surface area (TPSA) is 56.2 Å². The van der Waals surface area contributed by atoms with Crippen molar-refractivity contribution < 1.29 is 9.53 Å². The van der Waals surface area contributed by atoms with E-state index in [1.807, 2.05) is 42.5 Å². The lowest BCUT2D eigenvalue weighted by atomic mass is 10.1. The lowest BCUT2D eigenvalue weighted by molar-refractivity contribution is -0.119. The third-order valence-corrected chi connectivity index (χ3v) is 4.76. The van der Waals surface area contributed by atoms with Crippen LogP contribution < -0.4 is 10.1 Å². The van der Waals surface area contributed by atoms with Gasteiger partial charge >= 0.3 is 0 Å². The average Bonchev–Trinajstić information content (AvgIpc) is 3.07. The molecule has 142 valence electrons. The molecule has 1 amide bonds. The molecule has 0 spiro atoms. The molecule has 0 fully saturated rings. The van der Waals surface area contributed by atoms with E-state index in [4.69, 9.17) is 4.74 Å². The molecule has 5 nitrogen and oxygen atoms in total. The number of carbonyl (C=O) groups excluding carboxylic acids is 1. The molecular weight excluding hydrogens is 350 g/mol. The van der Waals surface area contributed by atoms with E-state index in [9.17, 15) is 4.79 Å². The number of aryl methyl sites for hydroxylation is 1. The summed E-state index contributed by atoms with van der Waals surface area (Å²) in [7, 11) is 0. The Balaban J connectivity index is 1.46. The number of fused-ring (bicyclic) bond motifs is 2. The maximum atomic E-state index is 11.3. The van der Waals surface area contributed by atoms with Gasteiger partial charge in [-0.3, -0.25) is 4.79 Å². The standard InChI is InChI=1S/C23H23N3O2/c1-17(27)24-16-23-25-20-11-4-5-12-21(20)26(23)14-7-15-28-22-13-6-9-18-8-2-3-10-19(18)22/h2-6,8-13H,7,14-16H2,1H3,(H,24,27). The summed E-state index contributed by atoms with van der Waals surface area (Å²) in [5, 5.41) is 5.15. The predicted octanol–water partition coefficient (Wildman–Crippen LogP) is 4.29. The maximum absolute atomic E-state index is 11.3. The predicted molar refractivity (Wildman–Crippen MR) is 111 cm³/mol. The van der Waals surface area contributed by atoms with Crippen LogP contribution in [-0.4, -0.2) is 22.1 Å². The van der Waals surface area contributed by atoms with Gasteiger partial charge in [-0.15, -0.1) is 0 Å². The molecule has 0 aliphatic heterocycles. The van der Waals surface area contributed by atoms with Gasteiger partial charge in [0.1, 0.15) is 11.6 Å². The number of carbonyl (C=O) groups is 1. The number of nitrogens with zero attached hydrogens (tertiary/aromatic N) is 2. The first kappa shape index (κ1) is 18.0. The summed E-state index contributed by atoms with van der Waals surface area (Å²) in [6.07, 6.45) is 0.844. The molecule has 0 atom stereocenters. The number of ether oxygens (including phenoxy) is 1. The largest absolute Gasteiger partial charge is 0.493 e. The van der Waals surface area contributed by atoms with Gasteiger partial charge in [0.05, 0.1) is 24.2 Å². The Kier molecular flexibility index (Phi) is 5.24. The molecule has 28 heavy (non-hydrogen) atoms. The van der Waals surface area contributed by atoms with Gasteiger partial charge in [0.25, 0.3) is 0 Å². The Bertz CT molecular complexity index is 1110. The molecule has 1 heterocycles. The lowest BCUT2D eigenvalue weighted by Crippen LogP contribution is -2.22. The highest BCUT2D eigenvalue weighted by Crippen LogP contribution is 2.25. The molecule has 0 saturated carbocycles. The molecule has 0 unspecified atom stereocenters. The van der Waals surface area contributed by atoms with Crippen molar-refractivity contribution in [1.82, 2.24) is 14.9 Å². The molecule has 0 bridgehead atoms. The van der Waals surface area contributed by atoms with Crippen LogP contribution in [0.2, 0.25) is 0 Å². The van der Waals surface area contributed by atoms with Gasteiger partial charge < -0.3 is 14.6 Å². The van der Waals surface area contributed by atoms with Crippen LogP contribution in [0.4, 0.5) is 0 Å². The van der Waals surface area contributed by atoms with Crippen LogP contribution in [0.3, 0.4) is 0 Å². The number of hydrogen-bond donors (Lipinski definition) is 1. The molecule has 4 rings (SSSR count). The van der Waals surface area contributed by atoms with E-state index in [1.165, 1.54) is 12.3 Å². The fourth-order valence-corrected chi connectivity index (χ4v) is 3.44. The van der Waals surface area contributed by atoms with Crippen LogP contribution in [-0.2, 0) is 17.9 Å². The fourth-order valence-electron chi connectivity index (χ4n) is 3.44. The van der Waals surface area contributed by atoms with Crippen molar-refractivity contribution in [2.24, 2.45) is 0 Å². The second kappa shape index (κ2) is 8.13. The molecule has 0 saturated heterocycles. The monoisotopic (exact) mass is 373 g/mol. The van der Waals surface area contributed by atoms with Crippen LogP contribution in [0.15, 0.2) is 66.7 Å². The van der Waals surface area contributed by atoms with Gasteiger partial charge in [0, 0.05) is 18.9 Å². The molecule has 1 N–H and O–H groups in total. The number of para-hydroxylation sites is 2. The summed E-state index contributed by atoms with van der Waals surface area (Å²) in [6.45, 7) is 3.33. The lowest BCUT2D eigenvalue weighted by Gasteiger charge is -2.12. The van der Waals surface area contributed by atoms with Crippen molar-refractivity contribution in [1.29, 1.82) is 0 Å². The summed E-state index contributed by atoms with van der Waals surface area (Å²) < 4.78 is 8.23. The average molecular weight is 373 g/mol. The summed E-state index contributed by atoms with van der Waals surface area (Å²) >= 11 is 0. The van der Waals surface area contributed by atoms with Crippen molar-refractivity contribution in [2.45, 2.75) is 26.4 Å². The van der Waals surface area contributed by atoms with Crippen LogP contribution >= 0.6 is 0 Å². The first-order valence-corrected chi connectivity index (χ1v) is 9.51. The van der Waals surface area contributed by atoms with Crippen LogP contribution in [0, 0.1) is 0 Å². The molecule has 3 aromatic carbocycles. The quantitative estimate of drug-likeness (QED) is 0.492. The number of hydrogen-bond acceptors (Lipinski definition) is 3. The molecule has 0 aliphatic rings. The normalized spacial score (nSPS) is 11.0. The second-order valence-corrected chi connectivity index (χ2v) is 6.76. The molecule has 0 aliphatic carbocycles. The Morgan fingerprint density at radius 2 is 1.82 bits per heavy atom. The van der Waals surface area contributed by atoms with Crippen molar-refractivity contribution in [3.63, 3.8) is 0 Å². The molecule has 4 aromatic rings. The highest BCUT2D eigenvalue weighted by Gasteiger charge is 2.10. The molecular formula is C23H23N3O2. The Morgan fingerprint density at radius 1 is 1.04 bits per heavy atom. The SMILES string of the molecule is CC(=O)NCc1nc2ccccc2n1CCCOc1cccc2ccccc12. The van der Waals surface area contributed by atoms with Gasteiger partial charge in [-0.25, -0.2) is 4.98 Å². The highest BCUT2D eigenvalue weighted by molar-refractivity contribution is 5.88. The first-order valence-electron chi connectivity index (χ1n) is 9.51. The number of benzene rings is 3. The van der Waals surface area contributed by atoms with E-state index in [0.29, 0.717) is 13.2 Å². The molecule has 0 radical (unpaired) electrons. The number of amides is 1. The molecule has 1 aromatic heterocycles. The van der Waals surface area contributed by atoms with E-state index in [0.717, 1.165) is 41.0 Å². The second-order valence-electron chi connectivity index (χ2n) is 6.76. The summed E-state index contributed by atoms with van der Waals surface area (Å²) in [5.74, 6) is 1.71. The smallest absolute Gasteiger partial charge is 0.217 e. The first-order chi connectivity index (χ1) is 13.7. The Labute approximate surface area is 164 Å². The van der Waals surface area contributed by atoms with Crippen molar-refractivity contribution >= 4 is 27.7 Å². The summed E-state index contributed by atoms with van der Waals surface area (Å²) in [4.78, 5) is 16.0. The van der Waals surface area contributed by atoms with E-state index in [-0.39, 0.29) is 5.91 Å². The summed E-state index contributed by atoms with van der Waals surface area (Å²) in [5.41, 5.74) is 2.02. The number of imidazole rings is 1. The van der Waals surface area contributed by atoms with Gasteiger partial charge in [0.15, 0.2) is 0 Å². The third-order valence-electron chi connectivity index (χ3n) is 4.76. The fraction of sp³-hybridized carbons (Fsp3) is 0.217. The maximum Gasteiger partial charge on any atom is 0.217 e. The van der Waals surface area contributed by atoms with Gasteiger partial charge in [0.2, 0.25) is 5.91 Å². The van der Waals surface area contributed by atoms with Gasteiger partial charge in [-0.2, -0.15) is 0 Å². The number of nitrogens with one attached hydrogen (secondary N) is 1. The van der Waals surface area contributed by atoms with E-state index < -0.39 is 0 Å². The zero-order valence-electron chi connectivity index (χ0n) is 15.9. The van der Waals surface area contributed by atoms with Crippen LogP contribution in [0.1, 0.15) is 19.2 Å². The zero-order chi connectivity index (χ0) is 19.3. The third kappa shape index (κ3) is 3.83. The highest BCUT2D eigenvalue weighted by atomic mass is 16.5. The van der Waals surface area contributed by atoms with E-state index in [2.05, 4.69) is 39.1 Å². The molecule has 5 heteroatoms. The summed E-state index contributed by atoms with van der Waals surface area (Å²) in [6, 6.07) is 22.4. The zero-order valence-corrected chi connectivity index (χ0v) is 15.9. The van der Waals surface area contributed by atoms with E-state index in [1.54, 1.807) is 0 Å².